The molecule has 1 aromatic heterocycles. The molecular formula is C19H19FN2OS2. The number of rotatable bonds is 4. The van der Waals surface area contributed by atoms with E-state index >= 15 is 0 Å². The molecule has 0 saturated carbocycles. The fraction of sp³-hybridized carbons (Fsp3) is 0.263. The number of benzene rings is 2. The summed E-state index contributed by atoms with van der Waals surface area (Å²) in [6.45, 7) is 4.94. The van der Waals surface area contributed by atoms with Gasteiger partial charge in [-0.2, -0.15) is 16.8 Å². The maximum atomic E-state index is 13.1. The van der Waals surface area contributed by atoms with Gasteiger partial charge in [-0.1, -0.05) is 17.4 Å². The van der Waals surface area contributed by atoms with Gasteiger partial charge in [0.25, 0.3) is 5.91 Å². The van der Waals surface area contributed by atoms with Gasteiger partial charge < -0.3 is 4.57 Å². The fourth-order valence-electron chi connectivity index (χ4n) is 2.74. The van der Waals surface area contributed by atoms with Crippen molar-refractivity contribution in [3.8, 4) is 0 Å². The molecule has 0 atom stereocenters. The molecular weight excluding hydrogens is 355 g/mol. The van der Waals surface area contributed by atoms with E-state index in [9.17, 15) is 9.18 Å². The van der Waals surface area contributed by atoms with Crippen molar-refractivity contribution in [3.05, 3.63) is 63.7 Å². The number of fused-ring (bicyclic) bond motifs is 1. The average molecular weight is 375 g/mol. The Morgan fingerprint density at radius 2 is 1.96 bits per heavy atom. The van der Waals surface area contributed by atoms with Gasteiger partial charge in [0.1, 0.15) is 5.82 Å². The highest BCUT2D eigenvalue weighted by atomic mass is 32.2. The number of carbonyl (C=O) groups is 1. The Labute approximate surface area is 154 Å². The van der Waals surface area contributed by atoms with Gasteiger partial charge in [-0.3, -0.25) is 4.79 Å². The Morgan fingerprint density at radius 1 is 1.24 bits per heavy atom. The van der Waals surface area contributed by atoms with Crippen molar-refractivity contribution < 1.29 is 9.18 Å². The molecule has 0 aliphatic heterocycles. The summed E-state index contributed by atoms with van der Waals surface area (Å²) in [5.41, 5.74) is 3.89. The normalized spacial score (nSPS) is 12.1. The first kappa shape index (κ1) is 17.9. The second-order valence-electron chi connectivity index (χ2n) is 5.88. The fourth-order valence-corrected chi connectivity index (χ4v) is 4.21. The van der Waals surface area contributed by atoms with Crippen LogP contribution in [0.25, 0.3) is 10.2 Å². The lowest BCUT2D eigenvalue weighted by atomic mass is 10.1. The lowest BCUT2D eigenvalue weighted by Crippen LogP contribution is -2.18. The quantitative estimate of drug-likeness (QED) is 0.671. The predicted molar refractivity (Wildman–Crippen MR) is 104 cm³/mol. The van der Waals surface area contributed by atoms with Crippen molar-refractivity contribution in [2.45, 2.75) is 20.4 Å². The van der Waals surface area contributed by atoms with E-state index in [4.69, 9.17) is 0 Å². The van der Waals surface area contributed by atoms with E-state index in [1.54, 1.807) is 11.8 Å². The average Bonchev–Trinajstić information content (AvgIpc) is 2.91. The standard InChI is InChI=1S/C19H19FN2OS2/c1-12-10-13(2)17-16(11-12)22(8-9-24-3)19(25-17)21-18(23)14-4-6-15(20)7-5-14/h4-7,10-11H,8-9H2,1-3H3. The zero-order chi connectivity index (χ0) is 18.0. The minimum absolute atomic E-state index is 0.348. The summed E-state index contributed by atoms with van der Waals surface area (Å²) in [6.07, 6.45) is 2.06. The van der Waals surface area contributed by atoms with Crippen molar-refractivity contribution in [1.82, 2.24) is 4.57 Å². The van der Waals surface area contributed by atoms with Gasteiger partial charge in [0.05, 0.1) is 10.2 Å². The van der Waals surface area contributed by atoms with Crippen LogP contribution < -0.4 is 4.80 Å². The first-order valence-electron chi connectivity index (χ1n) is 7.94. The van der Waals surface area contributed by atoms with Gasteiger partial charge in [0.15, 0.2) is 4.80 Å². The van der Waals surface area contributed by atoms with Crippen molar-refractivity contribution in [2.75, 3.05) is 12.0 Å². The molecule has 2 aromatic carbocycles. The number of hydrogen-bond acceptors (Lipinski definition) is 3. The molecule has 3 aromatic rings. The molecule has 3 rings (SSSR count). The van der Waals surface area contributed by atoms with Gasteiger partial charge in [0, 0.05) is 17.9 Å². The molecule has 1 heterocycles. The molecule has 0 N–H and O–H groups in total. The lowest BCUT2D eigenvalue weighted by Gasteiger charge is -2.05. The number of thiazole rings is 1. The Kier molecular flexibility index (Phi) is 5.39. The predicted octanol–water partition coefficient (Wildman–Crippen LogP) is 4.56. The summed E-state index contributed by atoms with van der Waals surface area (Å²) in [7, 11) is 0. The van der Waals surface area contributed by atoms with Crippen LogP contribution >= 0.6 is 23.1 Å². The van der Waals surface area contributed by atoms with Crippen LogP contribution in [0.2, 0.25) is 0 Å². The zero-order valence-corrected chi connectivity index (χ0v) is 16.0. The maximum absolute atomic E-state index is 13.1. The van der Waals surface area contributed by atoms with Gasteiger partial charge in [-0.25, -0.2) is 4.39 Å². The van der Waals surface area contributed by atoms with Crippen LogP contribution in [0.5, 0.6) is 0 Å². The van der Waals surface area contributed by atoms with Gasteiger partial charge >= 0.3 is 0 Å². The first-order valence-corrected chi connectivity index (χ1v) is 10.1. The van der Waals surface area contributed by atoms with E-state index in [0.717, 1.165) is 22.5 Å². The number of aryl methyl sites for hydroxylation is 3. The molecule has 0 spiro atoms. The number of halogens is 1. The summed E-state index contributed by atoms with van der Waals surface area (Å²) < 4.78 is 16.3. The number of nitrogens with zero attached hydrogens (tertiary/aromatic N) is 2. The number of hydrogen-bond donors (Lipinski definition) is 0. The smallest absolute Gasteiger partial charge is 0.279 e. The van der Waals surface area contributed by atoms with Gasteiger partial charge in [-0.05, 0) is 61.6 Å². The van der Waals surface area contributed by atoms with E-state index in [0.29, 0.717) is 10.4 Å². The minimum atomic E-state index is -0.362. The number of aromatic nitrogens is 1. The Morgan fingerprint density at radius 3 is 2.64 bits per heavy atom. The van der Waals surface area contributed by atoms with Gasteiger partial charge in [-0.15, -0.1) is 0 Å². The van der Waals surface area contributed by atoms with Crippen LogP contribution in [0, 0.1) is 19.7 Å². The highest BCUT2D eigenvalue weighted by Crippen LogP contribution is 2.23. The molecule has 130 valence electrons. The molecule has 0 saturated heterocycles. The van der Waals surface area contributed by atoms with Crippen molar-refractivity contribution in [2.24, 2.45) is 4.99 Å². The highest BCUT2D eigenvalue weighted by Gasteiger charge is 2.11. The highest BCUT2D eigenvalue weighted by molar-refractivity contribution is 7.98. The number of amides is 1. The third kappa shape index (κ3) is 3.85. The molecule has 0 bridgehead atoms. The molecule has 6 heteroatoms. The van der Waals surface area contributed by atoms with Crippen molar-refractivity contribution >= 4 is 39.2 Å². The minimum Gasteiger partial charge on any atom is -0.315 e. The molecule has 0 aliphatic rings. The summed E-state index contributed by atoms with van der Waals surface area (Å²) in [4.78, 5) is 17.5. The molecule has 0 fully saturated rings. The van der Waals surface area contributed by atoms with E-state index in [1.165, 1.54) is 46.7 Å². The SMILES string of the molecule is CSCCn1c(=NC(=O)c2ccc(F)cc2)sc2c(C)cc(C)cc21. The maximum Gasteiger partial charge on any atom is 0.279 e. The molecule has 25 heavy (non-hydrogen) atoms. The summed E-state index contributed by atoms with van der Waals surface area (Å²) in [5, 5.41) is 0. The molecule has 0 radical (unpaired) electrons. The monoisotopic (exact) mass is 374 g/mol. The topological polar surface area (TPSA) is 34.4 Å². The van der Waals surface area contributed by atoms with Crippen molar-refractivity contribution in [3.63, 3.8) is 0 Å². The van der Waals surface area contributed by atoms with E-state index in [-0.39, 0.29) is 11.7 Å². The van der Waals surface area contributed by atoms with Crippen LogP contribution in [0.15, 0.2) is 41.4 Å². The third-order valence-electron chi connectivity index (χ3n) is 3.92. The summed E-state index contributed by atoms with van der Waals surface area (Å²) in [5.74, 6) is 0.231. The molecule has 1 amide bonds. The van der Waals surface area contributed by atoms with E-state index in [1.807, 2.05) is 0 Å². The first-order chi connectivity index (χ1) is 12.0. The second-order valence-corrected chi connectivity index (χ2v) is 7.85. The molecule has 3 nitrogen and oxygen atoms in total. The largest absolute Gasteiger partial charge is 0.315 e. The number of thioether (sulfide) groups is 1. The molecule has 0 unspecified atom stereocenters. The lowest BCUT2D eigenvalue weighted by molar-refractivity contribution is 0.0998. The second kappa shape index (κ2) is 7.54. The summed E-state index contributed by atoms with van der Waals surface area (Å²) >= 11 is 3.29. The zero-order valence-electron chi connectivity index (χ0n) is 14.4. The Balaban J connectivity index is 2.15. The van der Waals surface area contributed by atoms with E-state index in [2.05, 4.69) is 41.8 Å². The van der Waals surface area contributed by atoms with Crippen LogP contribution in [0.3, 0.4) is 0 Å². The van der Waals surface area contributed by atoms with E-state index < -0.39 is 0 Å². The Bertz CT molecular complexity index is 987. The molecule has 0 aliphatic carbocycles. The van der Waals surface area contributed by atoms with Crippen molar-refractivity contribution in [1.29, 1.82) is 0 Å². The van der Waals surface area contributed by atoms with Gasteiger partial charge in [0.2, 0.25) is 0 Å². The Hall–Kier alpha value is -1.92. The third-order valence-corrected chi connectivity index (χ3v) is 5.74. The number of carbonyl (C=O) groups excluding carboxylic acids is 1. The van der Waals surface area contributed by atoms with Crippen LogP contribution in [0.4, 0.5) is 4.39 Å². The van der Waals surface area contributed by atoms with Crippen LogP contribution in [-0.4, -0.2) is 22.5 Å². The van der Waals surface area contributed by atoms with Crippen LogP contribution in [0.1, 0.15) is 21.5 Å². The summed E-state index contributed by atoms with van der Waals surface area (Å²) in [6, 6.07) is 9.78. The van der Waals surface area contributed by atoms with Crippen LogP contribution in [-0.2, 0) is 6.54 Å².